The van der Waals surface area contributed by atoms with E-state index in [2.05, 4.69) is 80.5 Å². The van der Waals surface area contributed by atoms with Crippen molar-refractivity contribution in [1.82, 2.24) is 10.6 Å². The van der Waals surface area contributed by atoms with Crippen molar-refractivity contribution in [3.05, 3.63) is 71.8 Å². The van der Waals surface area contributed by atoms with E-state index < -0.39 is 6.51 Å². The SMILES string of the molecule is PC(C1CCCN1)(C1CCCN1)[C]12[CH]3[C]4(c5ccccc5)[C]5(c6ccccc6)[C]1(CP(C1C6CC7CC(C6)CC1C7)C1C6CC7CC(C6)CC1C7)[Fe]34521678[CH]2[CH]1[CH]6[CH]7[CH]28. The molecule has 22 rings (SSSR count). The predicted octanol–water partition coefficient (Wildman–Crippen LogP) is 11.6. The van der Waals surface area contributed by atoms with E-state index >= 15 is 0 Å². The Labute approximate surface area is 335 Å². The molecule has 57 heavy (non-hydrogen) atoms. The van der Waals surface area contributed by atoms with Gasteiger partial charge < -0.3 is 0 Å². The van der Waals surface area contributed by atoms with Gasteiger partial charge in [0.15, 0.2) is 0 Å². The second-order valence-corrected chi connectivity index (χ2v) is 53.7. The molecule has 5 heteroatoms. The van der Waals surface area contributed by atoms with Gasteiger partial charge in [-0.1, -0.05) is 0 Å². The van der Waals surface area contributed by atoms with Crippen LogP contribution >= 0.6 is 17.2 Å². The molecule has 8 atom stereocenters. The standard InChI is InChI=1S/C47H61N2P2.C5H5.Fe/c50-47(42-13-7-15-48-42,43-14-8-16-49-43)41-27-39(33-9-3-1-4-10-33)44(34-11-5-2-6-12-34)40(41)28-51(45-35-19-29-17-30(21-35)22-36(45)20-29)46-37-23-31-18-32(25-37)26-38(46)24-31;1-2-4-5-3-1;/h1-6,9-12,27,29-32,35-38,42-43,45-46,48-49H,7-8,13-26,28,50H2;1-5H;. The van der Waals surface area contributed by atoms with Crippen LogP contribution in [0, 0.1) is 47.3 Å². The Kier molecular flexibility index (Phi) is 3.24. The molecular formula is C52H66FeN2P2. The second kappa shape index (κ2) is 6.01. The Morgan fingerprint density at radius 2 is 1.04 bits per heavy atom. The van der Waals surface area contributed by atoms with Gasteiger partial charge in [0.2, 0.25) is 0 Å². The van der Waals surface area contributed by atoms with Crippen LogP contribution in [0.3, 0.4) is 0 Å². The summed E-state index contributed by atoms with van der Waals surface area (Å²) in [5.41, 5.74) is 6.19. The number of hydrogen-bond acceptors (Lipinski definition) is 2. The van der Waals surface area contributed by atoms with Gasteiger partial charge in [0, 0.05) is 0 Å². The molecule has 8 bridgehead atoms. The molecule has 0 radical (unpaired) electrons. The van der Waals surface area contributed by atoms with Crippen LogP contribution in [0.25, 0.3) is 0 Å². The second-order valence-electron chi connectivity index (χ2n) is 27.5. The maximum atomic E-state index is 4.46. The van der Waals surface area contributed by atoms with Crippen LogP contribution in [0.5, 0.6) is 0 Å². The number of fused-ring (bicyclic) bond motifs is 10. The molecule has 2 aromatic rings. The predicted molar refractivity (Wildman–Crippen MR) is 232 cm³/mol. The van der Waals surface area contributed by atoms with Crippen LogP contribution < -0.4 is 10.6 Å². The van der Waals surface area contributed by atoms with Crippen molar-refractivity contribution in [1.29, 1.82) is 0 Å². The first kappa shape index (κ1) is 30.7. The van der Waals surface area contributed by atoms with Gasteiger partial charge in [-0.2, -0.15) is 0 Å². The van der Waals surface area contributed by atoms with Crippen LogP contribution in [-0.2, 0) is 15.1 Å². The van der Waals surface area contributed by atoms with Crippen LogP contribution in [-0.4, -0.2) is 47.8 Å². The van der Waals surface area contributed by atoms with Gasteiger partial charge in [0.05, 0.1) is 0 Å². The fourth-order valence-electron chi connectivity index (χ4n) is 35.0. The van der Waals surface area contributed by atoms with Gasteiger partial charge in [0.25, 0.3) is 0 Å². The zero-order chi connectivity index (χ0) is 36.4. The zero-order valence-electron chi connectivity index (χ0n) is 34.1. The third kappa shape index (κ3) is 1.08. The molecule has 12 heterocycles. The molecule has 8 aliphatic carbocycles. The minimum atomic E-state index is -4.73. The minimum absolute atomic E-state index is 0.00156. The summed E-state index contributed by atoms with van der Waals surface area (Å²) in [5.74, 6) is 8.86. The van der Waals surface area contributed by atoms with Gasteiger partial charge in [-0.25, -0.2) is 0 Å². The molecule has 2 N–H and O–H groups in total. The van der Waals surface area contributed by atoms with Crippen molar-refractivity contribution in [3.63, 3.8) is 0 Å². The molecule has 8 saturated carbocycles. The third-order valence-electron chi connectivity index (χ3n) is 31.3. The Morgan fingerprint density at radius 1 is 0.596 bits per heavy atom. The summed E-state index contributed by atoms with van der Waals surface area (Å²) < 4.78 is 2.56. The van der Waals surface area contributed by atoms with E-state index in [9.17, 15) is 0 Å². The molecule has 1 spiro atoms. The number of benzene rings is 2. The van der Waals surface area contributed by atoms with E-state index in [0.717, 1.165) is 63.5 Å². The molecule has 0 amide bonds. The summed E-state index contributed by atoms with van der Waals surface area (Å²) in [5, 5.41) is 9.27. The van der Waals surface area contributed by atoms with Gasteiger partial charge in [-0.3, -0.25) is 0 Å². The summed E-state index contributed by atoms with van der Waals surface area (Å²) in [6, 6.07) is 27.6. The summed E-state index contributed by atoms with van der Waals surface area (Å²) in [6.45, 7) is -2.18. The first-order chi connectivity index (χ1) is 27.8. The maximum absolute atomic E-state index is 4.73. The van der Waals surface area contributed by atoms with Crippen molar-refractivity contribution in [2.75, 3.05) is 19.3 Å². The zero-order valence-corrected chi connectivity index (χ0v) is 37.2. The quantitative estimate of drug-likeness (QED) is 0.194. The summed E-state index contributed by atoms with van der Waals surface area (Å²) in [4.78, 5) is 7.29. The van der Waals surface area contributed by atoms with Crippen molar-refractivity contribution in [3.8, 4) is 0 Å². The van der Waals surface area contributed by atoms with E-state index in [1.807, 2.05) is 17.3 Å². The summed E-state index contributed by atoms with van der Waals surface area (Å²) in [6.07, 6.45) is 24.0. The Morgan fingerprint density at radius 3 is 1.44 bits per heavy atom. The van der Waals surface area contributed by atoms with Crippen LogP contribution in [0.4, 0.5) is 0 Å². The Balaban J connectivity index is 0.911. The van der Waals surface area contributed by atoms with E-state index in [4.69, 9.17) is 0 Å². The van der Waals surface area contributed by atoms with Gasteiger partial charge in [-0.15, -0.1) is 0 Å². The van der Waals surface area contributed by atoms with Gasteiger partial charge >= 0.3 is 337 Å². The fraction of sp³-hybridized carbons (Fsp3) is 0.769. The van der Waals surface area contributed by atoms with Crippen LogP contribution in [0.1, 0.15) is 101 Å². The molecule has 0 aromatic heterocycles. The van der Waals surface area contributed by atoms with E-state index in [1.165, 1.54) is 62.9 Å². The molecule has 12 saturated heterocycles. The van der Waals surface area contributed by atoms with E-state index in [1.54, 1.807) is 64.2 Å². The number of nitrogens with one attached hydrogen (secondary N) is 2. The monoisotopic (exact) mass is 836 g/mol. The molecule has 20 fully saturated rings. The number of hydrogen-bond donors (Lipinski definition) is 2. The normalized spacial score (nSPS) is 74.1. The third-order valence-corrected chi connectivity index (χ3v) is 81.6. The van der Waals surface area contributed by atoms with Gasteiger partial charge in [0.1, 0.15) is 0 Å². The average molecular weight is 837 g/mol. The fourth-order valence-corrected chi connectivity index (χ4v) is 128. The van der Waals surface area contributed by atoms with Crippen molar-refractivity contribution >= 4 is 17.2 Å². The van der Waals surface area contributed by atoms with Crippen molar-refractivity contribution in [2.45, 2.75) is 165 Å². The van der Waals surface area contributed by atoms with Crippen molar-refractivity contribution in [2.24, 2.45) is 47.3 Å². The molecule has 12 aliphatic heterocycles. The topological polar surface area (TPSA) is 24.1 Å². The number of rotatable bonds is 9. The summed E-state index contributed by atoms with van der Waals surface area (Å²) >= 11 is 0. The molecule has 8 unspecified atom stereocenters. The van der Waals surface area contributed by atoms with E-state index in [-0.39, 0.29) is 7.92 Å². The summed E-state index contributed by atoms with van der Waals surface area (Å²) in [7, 11) is 4.11. The van der Waals surface area contributed by atoms with Crippen LogP contribution in [0.15, 0.2) is 60.7 Å². The molecule has 2 aromatic carbocycles. The Bertz CT molecular complexity index is 2560. The van der Waals surface area contributed by atoms with Crippen molar-refractivity contribution < 1.29 is 6.51 Å². The van der Waals surface area contributed by atoms with E-state index in [0.29, 0.717) is 34.5 Å². The first-order valence-electron chi connectivity index (χ1n) is 25.1. The Hall–Kier alpha value is -0.261. The first-order valence-corrected chi connectivity index (χ1v) is 33.4. The van der Waals surface area contributed by atoms with Crippen LogP contribution in [0.2, 0.25) is 37.5 Å². The molecule has 2 nitrogen and oxygen atoms in total. The molecular weight excluding hydrogens is 770 g/mol. The molecule has 20 aliphatic rings. The van der Waals surface area contributed by atoms with Gasteiger partial charge in [-0.05, 0) is 0 Å². The molecule has 302 valence electrons. The average Bonchev–Trinajstić information content (AvgIpc) is 4.00.